The molecular weight excluding hydrogens is 220 g/mol. The van der Waals surface area contributed by atoms with Crippen molar-refractivity contribution in [3.05, 3.63) is 5.82 Å². The fourth-order valence-electron chi connectivity index (χ4n) is 2.37. The molecule has 17 heavy (non-hydrogen) atoms. The number of rotatable bonds is 4. The number of tetrazole rings is 1. The van der Waals surface area contributed by atoms with Gasteiger partial charge in [-0.2, -0.15) is 5.21 Å². The van der Waals surface area contributed by atoms with Gasteiger partial charge in [0.05, 0.1) is 0 Å². The molecule has 1 aliphatic carbocycles. The van der Waals surface area contributed by atoms with E-state index in [9.17, 15) is 4.79 Å². The van der Waals surface area contributed by atoms with Crippen molar-refractivity contribution in [3.8, 4) is 0 Å². The number of nitrogens with one attached hydrogen (secondary N) is 2. The molecule has 0 bridgehead atoms. The van der Waals surface area contributed by atoms with Crippen LogP contribution in [0.15, 0.2) is 0 Å². The molecule has 3 rings (SSSR count). The van der Waals surface area contributed by atoms with Crippen molar-refractivity contribution in [3.63, 3.8) is 0 Å². The molecule has 2 heterocycles. The lowest BCUT2D eigenvalue weighted by Crippen LogP contribution is -2.32. The van der Waals surface area contributed by atoms with Gasteiger partial charge in [-0.3, -0.25) is 4.79 Å². The highest BCUT2D eigenvalue weighted by Crippen LogP contribution is 2.31. The zero-order valence-corrected chi connectivity index (χ0v) is 9.59. The lowest BCUT2D eigenvalue weighted by atomic mass is 10.1. The molecule has 2 N–H and O–H groups in total. The van der Waals surface area contributed by atoms with Gasteiger partial charge in [-0.15, -0.1) is 10.2 Å². The Morgan fingerprint density at radius 2 is 2.35 bits per heavy atom. The van der Waals surface area contributed by atoms with Crippen molar-refractivity contribution in [2.45, 2.75) is 25.3 Å². The van der Waals surface area contributed by atoms with E-state index in [0.29, 0.717) is 12.5 Å². The molecule has 1 unspecified atom stereocenters. The topological polar surface area (TPSA) is 86.8 Å². The number of amides is 1. The number of carbonyl (C=O) groups excluding carboxylic acids is 1. The van der Waals surface area contributed by atoms with Gasteiger partial charge in [0.2, 0.25) is 0 Å². The van der Waals surface area contributed by atoms with Gasteiger partial charge in [0.1, 0.15) is 0 Å². The number of nitrogens with zero attached hydrogens (tertiary/aromatic N) is 4. The second kappa shape index (κ2) is 4.40. The minimum atomic E-state index is -0.247. The fraction of sp³-hybridized carbons (Fsp3) is 0.800. The molecule has 7 nitrogen and oxygen atoms in total. The average molecular weight is 236 g/mol. The molecule has 1 aromatic rings. The van der Waals surface area contributed by atoms with E-state index in [0.717, 1.165) is 12.6 Å². The molecule has 0 spiro atoms. The summed E-state index contributed by atoms with van der Waals surface area (Å²) in [6, 6.07) is 0.827. The molecule has 1 aromatic heterocycles. The maximum absolute atomic E-state index is 11.6. The second-order valence-corrected chi connectivity index (χ2v) is 4.83. The maximum atomic E-state index is 11.6. The third kappa shape index (κ3) is 2.44. The Labute approximate surface area is 98.9 Å². The van der Waals surface area contributed by atoms with Crippen molar-refractivity contribution in [2.24, 2.45) is 5.92 Å². The predicted octanol–water partition coefficient (Wildman–Crippen LogP) is -0.586. The van der Waals surface area contributed by atoms with Gasteiger partial charge in [0.15, 0.2) is 0 Å². The molecule has 92 valence electrons. The van der Waals surface area contributed by atoms with Crippen molar-refractivity contribution in [1.29, 1.82) is 0 Å². The van der Waals surface area contributed by atoms with Crippen molar-refractivity contribution < 1.29 is 4.79 Å². The maximum Gasteiger partial charge on any atom is 0.292 e. The summed E-state index contributed by atoms with van der Waals surface area (Å²) in [6.07, 6.45) is 3.87. The van der Waals surface area contributed by atoms with Crippen LogP contribution in [0.2, 0.25) is 0 Å². The smallest absolute Gasteiger partial charge is 0.292 e. The average Bonchev–Trinajstić information content (AvgIpc) is 2.88. The first-order valence-corrected chi connectivity index (χ1v) is 6.08. The van der Waals surface area contributed by atoms with E-state index >= 15 is 0 Å². The molecular formula is C10H16N6O. The summed E-state index contributed by atoms with van der Waals surface area (Å²) >= 11 is 0. The molecule has 0 radical (unpaired) electrons. The number of aromatic nitrogens is 4. The Balaban J connectivity index is 1.44. The summed E-state index contributed by atoms with van der Waals surface area (Å²) in [7, 11) is 0. The number of H-pyrrole nitrogens is 1. The molecule has 1 saturated heterocycles. The quantitative estimate of drug-likeness (QED) is 0.730. The summed E-state index contributed by atoms with van der Waals surface area (Å²) in [5.41, 5.74) is 0. The van der Waals surface area contributed by atoms with Crippen LogP contribution in [0.4, 0.5) is 0 Å². The van der Waals surface area contributed by atoms with E-state index in [4.69, 9.17) is 0 Å². The summed E-state index contributed by atoms with van der Waals surface area (Å²) in [6.45, 7) is 2.99. The number of likely N-dealkylation sites (tertiary alicyclic amines) is 1. The van der Waals surface area contributed by atoms with E-state index in [1.54, 1.807) is 0 Å². The molecule has 2 fully saturated rings. The minimum Gasteiger partial charge on any atom is -0.349 e. The normalized spacial score (nSPS) is 25.1. The Kier molecular flexibility index (Phi) is 2.76. The van der Waals surface area contributed by atoms with E-state index in [-0.39, 0.29) is 11.7 Å². The Hall–Kier alpha value is -1.50. The van der Waals surface area contributed by atoms with Crippen molar-refractivity contribution >= 4 is 5.91 Å². The van der Waals surface area contributed by atoms with Gasteiger partial charge in [0.25, 0.3) is 11.7 Å². The molecule has 0 aromatic carbocycles. The van der Waals surface area contributed by atoms with Crippen LogP contribution in [0.1, 0.15) is 29.9 Å². The van der Waals surface area contributed by atoms with Gasteiger partial charge >= 0.3 is 0 Å². The molecule has 7 heteroatoms. The van der Waals surface area contributed by atoms with Crippen LogP contribution in [-0.4, -0.2) is 57.1 Å². The molecule has 2 aliphatic rings. The Morgan fingerprint density at radius 1 is 1.47 bits per heavy atom. The fourth-order valence-corrected chi connectivity index (χ4v) is 2.37. The number of hydrogen-bond donors (Lipinski definition) is 2. The second-order valence-electron chi connectivity index (χ2n) is 4.83. The summed E-state index contributed by atoms with van der Waals surface area (Å²) in [4.78, 5) is 14.1. The van der Waals surface area contributed by atoms with Crippen LogP contribution in [0.3, 0.4) is 0 Å². The van der Waals surface area contributed by atoms with Gasteiger partial charge in [-0.25, -0.2) is 0 Å². The third-order valence-corrected chi connectivity index (χ3v) is 3.48. The van der Waals surface area contributed by atoms with Crippen molar-refractivity contribution in [1.82, 2.24) is 30.8 Å². The van der Waals surface area contributed by atoms with Crippen LogP contribution in [0.5, 0.6) is 0 Å². The van der Waals surface area contributed by atoms with Gasteiger partial charge in [-0.05, 0) is 36.9 Å². The highest BCUT2D eigenvalue weighted by molar-refractivity contribution is 5.89. The summed E-state index contributed by atoms with van der Waals surface area (Å²) in [5.74, 6) is 0.428. The first-order valence-electron chi connectivity index (χ1n) is 6.08. The SMILES string of the molecule is O=C(NCC1CCN(C2CC2)C1)c1nn[nH]n1. The molecule has 1 atom stereocenters. The largest absolute Gasteiger partial charge is 0.349 e. The number of aromatic amines is 1. The predicted molar refractivity (Wildman–Crippen MR) is 59.2 cm³/mol. The third-order valence-electron chi connectivity index (χ3n) is 3.48. The Bertz CT molecular complexity index is 388. The lowest BCUT2D eigenvalue weighted by Gasteiger charge is -2.14. The Morgan fingerprint density at radius 3 is 3.06 bits per heavy atom. The van der Waals surface area contributed by atoms with Crippen LogP contribution >= 0.6 is 0 Å². The first-order chi connectivity index (χ1) is 8.33. The summed E-state index contributed by atoms with van der Waals surface area (Å²) in [5, 5.41) is 15.8. The standard InChI is InChI=1S/C10H16N6O/c17-10(9-12-14-15-13-9)11-5-7-3-4-16(6-7)8-1-2-8/h7-8H,1-6H2,(H,11,17)(H,12,13,14,15). The van der Waals surface area contributed by atoms with Crippen LogP contribution < -0.4 is 5.32 Å². The monoisotopic (exact) mass is 236 g/mol. The molecule has 1 amide bonds. The van der Waals surface area contributed by atoms with Crippen LogP contribution in [-0.2, 0) is 0 Å². The lowest BCUT2D eigenvalue weighted by molar-refractivity contribution is 0.0937. The van der Waals surface area contributed by atoms with Gasteiger partial charge in [-0.1, -0.05) is 0 Å². The summed E-state index contributed by atoms with van der Waals surface area (Å²) < 4.78 is 0. The van der Waals surface area contributed by atoms with Crippen molar-refractivity contribution in [2.75, 3.05) is 19.6 Å². The minimum absolute atomic E-state index is 0.113. The highest BCUT2D eigenvalue weighted by atomic mass is 16.2. The van der Waals surface area contributed by atoms with E-state index in [1.807, 2.05) is 0 Å². The van der Waals surface area contributed by atoms with E-state index in [2.05, 4.69) is 30.8 Å². The number of hydrogen-bond acceptors (Lipinski definition) is 5. The molecule has 1 saturated carbocycles. The zero-order valence-electron chi connectivity index (χ0n) is 9.59. The van der Waals surface area contributed by atoms with Gasteiger partial charge in [0, 0.05) is 19.1 Å². The zero-order chi connectivity index (χ0) is 11.7. The molecule has 1 aliphatic heterocycles. The van der Waals surface area contributed by atoms with Crippen LogP contribution in [0.25, 0.3) is 0 Å². The highest BCUT2D eigenvalue weighted by Gasteiger charge is 2.34. The first kappa shape index (κ1) is 10.6. The van der Waals surface area contributed by atoms with Crippen LogP contribution in [0, 0.1) is 5.92 Å². The van der Waals surface area contributed by atoms with Gasteiger partial charge < -0.3 is 10.2 Å². The number of carbonyl (C=O) groups is 1. The van der Waals surface area contributed by atoms with E-state index in [1.165, 1.54) is 25.8 Å². The van der Waals surface area contributed by atoms with E-state index < -0.39 is 0 Å².